The molecule has 2 N–H and O–H groups in total. The van der Waals surface area contributed by atoms with Gasteiger partial charge in [-0.25, -0.2) is 0 Å². The van der Waals surface area contributed by atoms with Crippen molar-refractivity contribution in [2.45, 2.75) is 19.3 Å². The van der Waals surface area contributed by atoms with Crippen molar-refractivity contribution in [2.24, 2.45) is 4.99 Å². The van der Waals surface area contributed by atoms with Crippen molar-refractivity contribution in [3.8, 4) is 0 Å². The van der Waals surface area contributed by atoms with Crippen molar-refractivity contribution >= 4 is 41.3 Å². The minimum absolute atomic E-state index is 0. The predicted molar refractivity (Wildman–Crippen MR) is 94.0 cm³/mol. The molecule has 0 fully saturated rings. The van der Waals surface area contributed by atoms with Gasteiger partial charge in [-0.3, -0.25) is 4.99 Å². The van der Waals surface area contributed by atoms with Gasteiger partial charge in [0.05, 0.1) is 6.61 Å². The lowest BCUT2D eigenvalue weighted by molar-refractivity contribution is 0.203. The molecule has 0 saturated carbocycles. The summed E-state index contributed by atoms with van der Waals surface area (Å²) in [5.74, 6) is 0.816. The van der Waals surface area contributed by atoms with Crippen LogP contribution >= 0.6 is 35.3 Å². The van der Waals surface area contributed by atoms with Gasteiger partial charge in [-0.15, -0.1) is 35.3 Å². The summed E-state index contributed by atoms with van der Waals surface area (Å²) in [4.78, 5) is 5.56. The van der Waals surface area contributed by atoms with Gasteiger partial charge < -0.3 is 15.4 Å². The van der Waals surface area contributed by atoms with Crippen LogP contribution in [-0.4, -0.2) is 39.8 Å². The van der Waals surface area contributed by atoms with Crippen LogP contribution in [-0.2, 0) is 10.2 Å². The van der Waals surface area contributed by atoms with E-state index in [1.54, 1.807) is 25.5 Å². The average Bonchev–Trinajstić information content (AvgIpc) is 2.88. The monoisotopic (exact) mass is 397 g/mol. The van der Waals surface area contributed by atoms with Crippen molar-refractivity contribution in [2.75, 3.05) is 33.9 Å². The molecule has 0 atom stereocenters. The number of rotatable bonds is 6. The van der Waals surface area contributed by atoms with E-state index in [1.165, 1.54) is 4.88 Å². The zero-order chi connectivity index (χ0) is 13.4. The van der Waals surface area contributed by atoms with Crippen molar-refractivity contribution in [1.82, 2.24) is 10.6 Å². The van der Waals surface area contributed by atoms with Gasteiger partial charge in [0.1, 0.15) is 0 Å². The first kappa shape index (κ1) is 18.7. The molecule has 6 heteroatoms. The highest BCUT2D eigenvalue weighted by Gasteiger charge is 2.21. The van der Waals surface area contributed by atoms with E-state index >= 15 is 0 Å². The maximum absolute atomic E-state index is 5.00. The van der Waals surface area contributed by atoms with E-state index in [1.807, 2.05) is 0 Å². The summed E-state index contributed by atoms with van der Waals surface area (Å²) >= 11 is 1.79. The van der Waals surface area contributed by atoms with Crippen LogP contribution in [0.1, 0.15) is 18.7 Å². The van der Waals surface area contributed by atoms with Crippen molar-refractivity contribution < 1.29 is 4.74 Å². The third-order valence-corrected chi connectivity index (χ3v) is 3.94. The number of nitrogens with zero attached hydrogens (tertiary/aromatic N) is 1. The van der Waals surface area contributed by atoms with Crippen LogP contribution in [0.3, 0.4) is 0 Å². The zero-order valence-electron chi connectivity index (χ0n) is 12.0. The average molecular weight is 397 g/mol. The van der Waals surface area contributed by atoms with E-state index in [0.717, 1.165) is 19.0 Å². The minimum Gasteiger partial charge on any atom is -0.383 e. The molecule has 0 radical (unpaired) electrons. The molecule has 0 spiro atoms. The molecule has 0 aromatic carbocycles. The molecule has 0 aliphatic carbocycles. The molecule has 0 amide bonds. The fraction of sp³-hybridized carbons (Fsp3) is 0.615. The summed E-state index contributed by atoms with van der Waals surface area (Å²) in [6.45, 7) is 6.74. The SMILES string of the molecule is CN=C(NCCOC)NCC(C)(C)c1cccs1.I. The molecule has 4 nitrogen and oxygen atoms in total. The maximum Gasteiger partial charge on any atom is 0.191 e. The largest absolute Gasteiger partial charge is 0.383 e. The zero-order valence-corrected chi connectivity index (χ0v) is 15.2. The number of ether oxygens (including phenoxy) is 1. The van der Waals surface area contributed by atoms with E-state index in [2.05, 4.69) is 47.0 Å². The van der Waals surface area contributed by atoms with Crippen molar-refractivity contribution in [3.63, 3.8) is 0 Å². The third-order valence-electron chi connectivity index (χ3n) is 2.71. The summed E-state index contributed by atoms with van der Waals surface area (Å²) in [6, 6.07) is 4.26. The lowest BCUT2D eigenvalue weighted by atomic mass is 9.91. The van der Waals surface area contributed by atoms with E-state index in [0.29, 0.717) is 6.61 Å². The molecule has 1 aromatic rings. The molecule has 1 heterocycles. The second-order valence-corrected chi connectivity index (χ2v) is 5.65. The Bertz CT molecular complexity index is 366. The summed E-state index contributed by atoms with van der Waals surface area (Å²) in [6.07, 6.45) is 0. The molecule has 0 unspecified atom stereocenters. The Morgan fingerprint density at radius 2 is 2.16 bits per heavy atom. The first-order chi connectivity index (χ1) is 8.60. The molecule has 19 heavy (non-hydrogen) atoms. The van der Waals surface area contributed by atoms with Gasteiger partial charge in [0.2, 0.25) is 0 Å². The Hall–Kier alpha value is -0.340. The molecule has 1 rings (SSSR count). The second kappa shape index (κ2) is 9.55. The maximum atomic E-state index is 5.00. The summed E-state index contributed by atoms with van der Waals surface area (Å²) < 4.78 is 5.00. The number of thiophene rings is 1. The first-order valence-corrected chi connectivity index (χ1v) is 6.95. The van der Waals surface area contributed by atoms with Gasteiger partial charge in [0.15, 0.2) is 5.96 Å². The topological polar surface area (TPSA) is 45.7 Å². The van der Waals surface area contributed by atoms with Gasteiger partial charge in [-0.2, -0.15) is 0 Å². The molecule has 110 valence electrons. The molecular formula is C13H24IN3OS. The molecule has 0 aliphatic heterocycles. The number of halogens is 1. The van der Waals surface area contributed by atoms with E-state index < -0.39 is 0 Å². The standard InChI is InChI=1S/C13H23N3OS.HI/c1-13(2,11-6-5-9-18-11)10-16-12(14-3)15-7-8-17-4;/h5-6,9H,7-8,10H2,1-4H3,(H2,14,15,16);1H. The smallest absolute Gasteiger partial charge is 0.191 e. The summed E-state index contributed by atoms with van der Waals surface area (Å²) in [7, 11) is 3.47. The highest BCUT2D eigenvalue weighted by atomic mass is 127. The highest BCUT2D eigenvalue weighted by molar-refractivity contribution is 14.0. The van der Waals surface area contributed by atoms with Crippen LogP contribution in [0.5, 0.6) is 0 Å². The Balaban J connectivity index is 0.00000324. The Labute approximate surface area is 137 Å². The molecule has 0 bridgehead atoms. The molecule has 0 saturated heterocycles. The van der Waals surface area contributed by atoms with E-state index in [-0.39, 0.29) is 29.4 Å². The van der Waals surface area contributed by atoms with E-state index in [9.17, 15) is 0 Å². The van der Waals surface area contributed by atoms with Crippen molar-refractivity contribution in [3.05, 3.63) is 22.4 Å². The minimum atomic E-state index is 0. The fourth-order valence-corrected chi connectivity index (χ4v) is 2.40. The second-order valence-electron chi connectivity index (χ2n) is 4.71. The summed E-state index contributed by atoms with van der Waals surface area (Å²) in [5.41, 5.74) is 0.104. The van der Waals surface area contributed by atoms with E-state index in [4.69, 9.17) is 4.74 Å². The number of hydrogen-bond donors (Lipinski definition) is 2. The lowest BCUT2D eigenvalue weighted by Crippen LogP contribution is -2.44. The van der Waals surface area contributed by atoms with Crippen LogP contribution in [0, 0.1) is 0 Å². The van der Waals surface area contributed by atoms with Crippen LogP contribution in [0.15, 0.2) is 22.5 Å². The number of hydrogen-bond acceptors (Lipinski definition) is 3. The first-order valence-electron chi connectivity index (χ1n) is 6.07. The molecule has 1 aromatic heterocycles. The van der Waals surface area contributed by atoms with Gasteiger partial charge >= 0.3 is 0 Å². The normalized spacial score (nSPS) is 11.9. The quantitative estimate of drug-likeness (QED) is 0.336. The number of aliphatic imine (C=N–C) groups is 1. The number of methoxy groups -OCH3 is 1. The third kappa shape index (κ3) is 6.58. The Morgan fingerprint density at radius 1 is 1.42 bits per heavy atom. The molecular weight excluding hydrogens is 373 g/mol. The Morgan fingerprint density at radius 3 is 2.68 bits per heavy atom. The van der Waals surface area contributed by atoms with Crippen molar-refractivity contribution in [1.29, 1.82) is 0 Å². The Kier molecular flexibility index (Phi) is 9.38. The molecule has 0 aliphatic rings. The lowest BCUT2D eigenvalue weighted by Gasteiger charge is -2.25. The number of guanidine groups is 1. The van der Waals surface area contributed by atoms with Gasteiger partial charge in [-0.05, 0) is 11.4 Å². The highest BCUT2D eigenvalue weighted by Crippen LogP contribution is 2.26. The van der Waals surface area contributed by atoms with Crippen LogP contribution < -0.4 is 10.6 Å². The fourth-order valence-electron chi connectivity index (χ4n) is 1.55. The number of nitrogens with one attached hydrogen (secondary N) is 2. The van der Waals surface area contributed by atoms with Gasteiger partial charge in [0.25, 0.3) is 0 Å². The van der Waals surface area contributed by atoms with Gasteiger partial charge in [-0.1, -0.05) is 19.9 Å². The van der Waals surface area contributed by atoms with Crippen LogP contribution in [0.2, 0.25) is 0 Å². The summed E-state index contributed by atoms with van der Waals surface area (Å²) in [5, 5.41) is 8.67. The van der Waals surface area contributed by atoms with Crippen LogP contribution in [0.25, 0.3) is 0 Å². The predicted octanol–water partition coefficient (Wildman–Crippen LogP) is 2.46. The van der Waals surface area contributed by atoms with Gasteiger partial charge in [0, 0.05) is 37.5 Å². The van der Waals surface area contributed by atoms with Crippen LogP contribution in [0.4, 0.5) is 0 Å².